The molecule has 84 valence electrons. The zero-order valence-electron chi connectivity index (χ0n) is 9.70. The Morgan fingerprint density at radius 3 is 2.87 bits per heavy atom. The SMILES string of the molecule is CCC(C)c1cccc(OCCCN)c1. The minimum atomic E-state index is 0.600. The van der Waals surface area contributed by atoms with Crippen molar-refractivity contribution in [2.75, 3.05) is 13.2 Å². The molecule has 0 saturated heterocycles. The van der Waals surface area contributed by atoms with Gasteiger partial charge in [-0.2, -0.15) is 0 Å². The summed E-state index contributed by atoms with van der Waals surface area (Å²) >= 11 is 0. The lowest BCUT2D eigenvalue weighted by Gasteiger charge is -2.11. The lowest BCUT2D eigenvalue weighted by Crippen LogP contribution is -2.06. The highest BCUT2D eigenvalue weighted by molar-refractivity contribution is 5.30. The van der Waals surface area contributed by atoms with E-state index in [-0.39, 0.29) is 0 Å². The molecule has 0 spiro atoms. The van der Waals surface area contributed by atoms with Crippen molar-refractivity contribution in [2.24, 2.45) is 5.73 Å². The summed E-state index contributed by atoms with van der Waals surface area (Å²) in [6.45, 7) is 5.83. The number of rotatable bonds is 6. The molecule has 0 aliphatic carbocycles. The van der Waals surface area contributed by atoms with E-state index in [0.29, 0.717) is 19.1 Å². The average Bonchev–Trinajstić information content (AvgIpc) is 2.29. The van der Waals surface area contributed by atoms with Crippen LogP contribution in [-0.4, -0.2) is 13.2 Å². The fraction of sp³-hybridized carbons (Fsp3) is 0.538. The molecule has 0 bridgehead atoms. The number of ether oxygens (including phenoxy) is 1. The highest BCUT2D eigenvalue weighted by Crippen LogP contribution is 2.22. The first-order chi connectivity index (χ1) is 7.27. The molecule has 0 radical (unpaired) electrons. The fourth-order valence-electron chi connectivity index (χ4n) is 1.42. The average molecular weight is 207 g/mol. The van der Waals surface area contributed by atoms with Gasteiger partial charge in [0.05, 0.1) is 6.61 Å². The van der Waals surface area contributed by atoms with Gasteiger partial charge in [-0.05, 0) is 43.0 Å². The molecule has 0 aliphatic heterocycles. The second kappa shape index (κ2) is 6.46. The maximum absolute atomic E-state index is 5.60. The molecule has 2 N–H and O–H groups in total. The molecule has 0 heterocycles. The lowest BCUT2D eigenvalue weighted by atomic mass is 9.99. The molecule has 1 aromatic rings. The first-order valence-corrected chi connectivity index (χ1v) is 5.70. The largest absolute Gasteiger partial charge is 0.494 e. The molecule has 1 rings (SSSR count). The number of benzene rings is 1. The minimum absolute atomic E-state index is 0.600. The summed E-state index contributed by atoms with van der Waals surface area (Å²) in [4.78, 5) is 0. The van der Waals surface area contributed by atoms with Crippen LogP contribution in [0.3, 0.4) is 0 Å². The van der Waals surface area contributed by atoms with Crippen molar-refractivity contribution in [1.29, 1.82) is 0 Å². The van der Waals surface area contributed by atoms with Crippen molar-refractivity contribution in [2.45, 2.75) is 32.6 Å². The molecule has 0 fully saturated rings. The molecule has 2 nitrogen and oxygen atoms in total. The summed E-state index contributed by atoms with van der Waals surface area (Å²) in [6, 6.07) is 8.34. The van der Waals surface area contributed by atoms with Crippen molar-refractivity contribution in [1.82, 2.24) is 0 Å². The summed E-state index contributed by atoms with van der Waals surface area (Å²) in [5, 5.41) is 0. The first kappa shape index (κ1) is 12.1. The van der Waals surface area contributed by atoms with Crippen LogP contribution < -0.4 is 10.5 Å². The van der Waals surface area contributed by atoms with Gasteiger partial charge in [-0.15, -0.1) is 0 Å². The predicted octanol–water partition coefficient (Wildman–Crippen LogP) is 2.93. The van der Waals surface area contributed by atoms with E-state index in [1.165, 1.54) is 5.56 Å². The summed E-state index contributed by atoms with van der Waals surface area (Å²) in [5.41, 5.74) is 6.76. The Hall–Kier alpha value is -1.02. The number of nitrogens with two attached hydrogens (primary N) is 1. The van der Waals surface area contributed by atoms with E-state index in [1.807, 2.05) is 6.07 Å². The van der Waals surface area contributed by atoms with Crippen molar-refractivity contribution in [3.05, 3.63) is 29.8 Å². The van der Waals surface area contributed by atoms with Crippen LogP contribution in [-0.2, 0) is 0 Å². The zero-order valence-corrected chi connectivity index (χ0v) is 9.70. The molecule has 1 aromatic carbocycles. The second-order valence-corrected chi connectivity index (χ2v) is 3.87. The van der Waals surface area contributed by atoms with Gasteiger partial charge >= 0.3 is 0 Å². The first-order valence-electron chi connectivity index (χ1n) is 5.70. The van der Waals surface area contributed by atoms with Gasteiger partial charge in [0.2, 0.25) is 0 Å². The van der Waals surface area contributed by atoms with Gasteiger partial charge < -0.3 is 10.5 Å². The van der Waals surface area contributed by atoms with Crippen LogP contribution >= 0.6 is 0 Å². The molecule has 0 aromatic heterocycles. The van der Waals surface area contributed by atoms with Crippen LogP contribution in [0.4, 0.5) is 0 Å². The maximum atomic E-state index is 5.60. The van der Waals surface area contributed by atoms with E-state index >= 15 is 0 Å². The second-order valence-electron chi connectivity index (χ2n) is 3.87. The van der Waals surface area contributed by atoms with Crippen LogP contribution in [0.2, 0.25) is 0 Å². The highest BCUT2D eigenvalue weighted by Gasteiger charge is 2.03. The summed E-state index contributed by atoms with van der Waals surface area (Å²) in [6.07, 6.45) is 2.07. The van der Waals surface area contributed by atoms with Crippen LogP contribution in [0.15, 0.2) is 24.3 Å². The van der Waals surface area contributed by atoms with Gasteiger partial charge in [-0.25, -0.2) is 0 Å². The number of hydrogen-bond donors (Lipinski definition) is 1. The summed E-state index contributed by atoms with van der Waals surface area (Å²) < 4.78 is 5.60. The Balaban J connectivity index is 2.57. The Morgan fingerprint density at radius 2 is 2.20 bits per heavy atom. The van der Waals surface area contributed by atoms with Crippen molar-refractivity contribution in [3.63, 3.8) is 0 Å². The van der Waals surface area contributed by atoms with E-state index in [1.54, 1.807) is 0 Å². The molecule has 2 heteroatoms. The van der Waals surface area contributed by atoms with E-state index in [9.17, 15) is 0 Å². The third kappa shape index (κ3) is 3.92. The molecule has 0 aliphatic rings. The quantitative estimate of drug-likeness (QED) is 0.728. The summed E-state index contributed by atoms with van der Waals surface area (Å²) in [5.74, 6) is 1.56. The molecule has 1 unspecified atom stereocenters. The molecule has 15 heavy (non-hydrogen) atoms. The van der Waals surface area contributed by atoms with Gasteiger partial charge in [0, 0.05) is 0 Å². The molecule has 0 amide bonds. The summed E-state index contributed by atoms with van der Waals surface area (Å²) in [7, 11) is 0. The lowest BCUT2D eigenvalue weighted by molar-refractivity contribution is 0.313. The highest BCUT2D eigenvalue weighted by atomic mass is 16.5. The van der Waals surface area contributed by atoms with Gasteiger partial charge in [0.25, 0.3) is 0 Å². The minimum Gasteiger partial charge on any atom is -0.494 e. The predicted molar refractivity (Wildman–Crippen MR) is 64.3 cm³/mol. The monoisotopic (exact) mass is 207 g/mol. The van der Waals surface area contributed by atoms with Gasteiger partial charge in [0.15, 0.2) is 0 Å². The van der Waals surface area contributed by atoms with Crippen LogP contribution in [0, 0.1) is 0 Å². The molecular formula is C13H21NO. The van der Waals surface area contributed by atoms with E-state index in [0.717, 1.165) is 18.6 Å². The normalized spacial score (nSPS) is 12.5. The van der Waals surface area contributed by atoms with E-state index in [4.69, 9.17) is 10.5 Å². The Kier molecular flexibility index (Phi) is 5.19. The zero-order chi connectivity index (χ0) is 11.1. The van der Waals surface area contributed by atoms with Gasteiger partial charge in [-0.3, -0.25) is 0 Å². The van der Waals surface area contributed by atoms with E-state index in [2.05, 4.69) is 32.0 Å². The maximum Gasteiger partial charge on any atom is 0.119 e. The fourth-order valence-corrected chi connectivity index (χ4v) is 1.42. The Morgan fingerprint density at radius 1 is 1.40 bits per heavy atom. The van der Waals surface area contributed by atoms with Crippen molar-refractivity contribution in [3.8, 4) is 5.75 Å². The third-order valence-corrected chi connectivity index (χ3v) is 2.66. The van der Waals surface area contributed by atoms with Crippen molar-refractivity contribution < 1.29 is 4.74 Å². The Bertz CT molecular complexity index is 286. The molecular weight excluding hydrogens is 186 g/mol. The van der Waals surface area contributed by atoms with Crippen LogP contribution in [0.25, 0.3) is 0 Å². The van der Waals surface area contributed by atoms with E-state index < -0.39 is 0 Å². The van der Waals surface area contributed by atoms with Crippen molar-refractivity contribution >= 4 is 0 Å². The standard InChI is InChI=1S/C13H21NO/c1-3-11(2)12-6-4-7-13(10-12)15-9-5-8-14/h4,6-7,10-11H,3,5,8-9,14H2,1-2H3. The van der Waals surface area contributed by atoms with Gasteiger partial charge in [-0.1, -0.05) is 26.0 Å². The topological polar surface area (TPSA) is 35.2 Å². The Labute approximate surface area is 92.4 Å². The van der Waals surface area contributed by atoms with Crippen LogP contribution in [0.1, 0.15) is 38.2 Å². The molecule has 1 atom stereocenters. The smallest absolute Gasteiger partial charge is 0.119 e. The third-order valence-electron chi connectivity index (χ3n) is 2.66. The van der Waals surface area contributed by atoms with Gasteiger partial charge in [0.1, 0.15) is 5.75 Å². The number of hydrogen-bond acceptors (Lipinski definition) is 2. The molecule has 0 saturated carbocycles. The van der Waals surface area contributed by atoms with Crippen LogP contribution in [0.5, 0.6) is 5.75 Å².